The summed E-state index contributed by atoms with van der Waals surface area (Å²) in [4.78, 5) is 67.0. The number of primary amides is 2. The van der Waals surface area contributed by atoms with E-state index in [-0.39, 0.29) is 25.9 Å². The van der Waals surface area contributed by atoms with Crippen molar-refractivity contribution in [2.75, 3.05) is 13.1 Å². The second kappa shape index (κ2) is 7.69. The van der Waals surface area contributed by atoms with Gasteiger partial charge in [0.2, 0.25) is 17.7 Å². The van der Waals surface area contributed by atoms with Gasteiger partial charge < -0.3 is 36.4 Å². The normalized spacial score (nSPS) is 30.9. The number of aliphatic hydroxyl groups is 2. The van der Waals surface area contributed by atoms with E-state index >= 15 is 0 Å². The van der Waals surface area contributed by atoms with Gasteiger partial charge in [-0.25, -0.2) is 0 Å². The molecule has 5 amide bonds. The molecule has 12 heteroatoms. The third-order valence-electron chi connectivity index (χ3n) is 6.87. The molecule has 6 N–H and O–H groups in total. The number of aliphatic hydroxyl groups excluding tert-OH is 2. The lowest BCUT2D eigenvalue weighted by Gasteiger charge is -2.60. The van der Waals surface area contributed by atoms with Gasteiger partial charge in [0, 0.05) is 5.92 Å². The van der Waals surface area contributed by atoms with E-state index in [1.165, 1.54) is 18.7 Å². The predicted molar refractivity (Wildman–Crippen MR) is 109 cm³/mol. The summed E-state index contributed by atoms with van der Waals surface area (Å²) in [6.07, 6.45) is -2.05. The minimum Gasteiger partial charge on any atom is -0.391 e. The quantitative estimate of drug-likeness (QED) is 0.294. The molecule has 0 aliphatic carbocycles. The van der Waals surface area contributed by atoms with Crippen LogP contribution >= 0.6 is 0 Å². The lowest BCUT2D eigenvalue weighted by atomic mass is 9.82. The Morgan fingerprint density at radius 1 is 0.812 bits per heavy atom. The smallest absolute Gasteiger partial charge is 0.251 e. The van der Waals surface area contributed by atoms with Crippen molar-refractivity contribution in [3.63, 3.8) is 0 Å². The second-order valence-electron chi connectivity index (χ2n) is 9.43. The highest BCUT2D eigenvalue weighted by molar-refractivity contribution is 6.06. The Morgan fingerprint density at radius 2 is 1.16 bits per heavy atom. The van der Waals surface area contributed by atoms with Gasteiger partial charge >= 0.3 is 0 Å². The van der Waals surface area contributed by atoms with E-state index in [1.54, 1.807) is 13.8 Å². The first kappa shape index (κ1) is 23.9. The molecule has 178 valence electrons. The van der Waals surface area contributed by atoms with E-state index in [0.29, 0.717) is 0 Å². The lowest BCUT2D eigenvalue weighted by molar-refractivity contribution is -0.196. The number of carbonyl (C=O) groups excluding carboxylic acids is 5. The summed E-state index contributed by atoms with van der Waals surface area (Å²) in [6, 6.07) is -2.49. The summed E-state index contributed by atoms with van der Waals surface area (Å²) in [5.74, 6) is -3.79. The molecule has 0 aromatic heterocycles. The standard InChI is InChI=1S/C20H31N5O7/c1-9(2)16(30)25-19(7-23(17(19)31)12(10(3)26)14(21)28)5-6-20(25)8-24(18(20)32)13(11(4)27)15(22)29/h9-13,26-27H,5-8H2,1-4H3,(H2,21,28)(H2,22,29)/t10-,11-,12+,13+,19?,20?/m1/s1. The zero-order valence-corrected chi connectivity index (χ0v) is 18.6. The van der Waals surface area contributed by atoms with Crippen LogP contribution in [-0.4, -0.2) is 103 Å². The average Bonchev–Trinajstić information content (AvgIpc) is 3.04. The molecule has 0 aromatic carbocycles. The van der Waals surface area contributed by atoms with Gasteiger partial charge in [0.05, 0.1) is 25.3 Å². The molecule has 3 rings (SSSR count). The van der Waals surface area contributed by atoms with Crippen LogP contribution in [0.2, 0.25) is 0 Å². The molecular weight excluding hydrogens is 422 g/mol. The Labute approximate surface area is 185 Å². The number of carbonyl (C=O) groups is 5. The molecule has 12 nitrogen and oxygen atoms in total. The SMILES string of the molecule is CC(C)C(=O)N1C2(CCC13CN([C@H](C(N)=O)[C@@H](C)O)C3=O)CN([C@H](C(N)=O)[C@@H](C)O)C2=O. The Balaban J connectivity index is 1.95. The predicted octanol–water partition coefficient (Wildman–Crippen LogP) is -3.10. The molecule has 32 heavy (non-hydrogen) atoms. The number of β-lactam (4-membered cyclic amide) rings is 2. The first-order valence-electron chi connectivity index (χ1n) is 10.6. The molecule has 3 aliphatic rings. The third kappa shape index (κ3) is 3.07. The molecule has 6 atom stereocenters. The monoisotopic (exact) mass is 453 g/mol. The van der Waals surface area contributed by atoms with Gasteiger partial charge in [0.1, 0.15) is 23.2 Å². The zero-order chi connectivity index (χ0) is 24.3. The summed E-state index contributed by atoms with van der Waals surface area (Å²) in [6.45, 7) is 5.88. The third-order valence-corrected chi connectivity index (χ3v) is 6.87. The summed E-state index contributed by atoms with van der Waals surface area (Å²) in [5, 5.41) is 19.9. The van der Waals surface area contributed by atoms with Crippen molar-refractivity contribution in [3.8, 4) is 0 Å². The van der Waals surface area contributed by atoms with E-state index in [4.69, 9.17) is 11.5 Å². The second-order valence-corrected chi connectivity index (χ2v) is 9.43. The van der Waals surface area contributed by atoms with Gasteiger partial charge in [-0.15, -0.1) is 0 Å². The van der Waals surface area contributed by atoms with Crippen LogP contribution in [0.3, 0.4) is 0 Å². The van der Waals surface area contributed by atoms with E-state index < -0.39 is 70.8 Å². The highest BCUT2D eigenvalue weighted by atomic mass is 16.3. The molecule has 0 radical (unpaired) electrons. The maximum atomic E-state index is 13.3. The summed E-state index contributed by atoms with van der Waals surface area (Å²) < 4.78 is 0. The van der Waals surface area contributed by atoms with Crippen LogP contribution in [0, 0.1) is 5.92 Å². The Bertz CT molecular complexity index is 814. The van der Waals surface area contributed by atoms with Crippen molar-refractivity contribution >= 4 is 29.5 Å². The highest BCUT2D eigenvalue weighted by Gasteiger charge is 2.74. The summed E-state index contributed by atoms with van der Waals surface area (Å²) in [7, 11) is 0. The average molecular weight is 453 g/mol. The molecule has 3 aliphatic heterocycles. The van der Waals surface area contributed by atoms with Crippen molar-refractivity contribution in [1.29, 1.82) is 0 Å². The molecule has 3 fully saturated rings. The summed E-state index contributed by atoms with van der Waals surface area (Å²) >= 11 is 0. The van der Waals surface area contributed by atoms with Gasteiger partial charge in [-0.2, -0.15) is 0 Å². The number of likely N-dealkylation sites (tertiary alicyclic amines) is 3. The van der Waals surface area contributed by atoms with Crippen molar-refractivity contribution in [2.45, 2.75) is 75.9 Å². The zero-order valence-electron chi connectivity index (χ0n) is 18.6. The minimum atomic E-state index is -1.33. The van der Waals surface area contributed by atoms with Gasteiger partial charge in [0.15, 0.2) is 0 Å². The van der Waals surface area contributed by atoms with Crippen molar-refractivity contribution in [2.24, 2.45) is 17.4 Å². The van der Waals surface area contributed by atoms with Gasteiger partial charge in [-0.1, -0.05) is 13.8 Å². The molecule has 0 aromatic rings. The van der Waals surface area contributed by atoms with Crippen LogP contribution in [0.1, 0.15) is 40.5 Å². The van der Waals surface area contributed by atoms with Crippen LogP contribution in [0.5, 0.6) is 0 Å². The van der Waals surface area contributed by atoms with Gasteiger partial charge in [-0.05, 0) is 26.7 Å². The molecular formula is C20H31N5O7. The van der Waals surface area contributed by atoms with Crippen LogP contribution in [-0.2, 0) is 24.0 Å². The molecule has 3 heterocycles. The minimum absolute atomic E-state index is 0.0481. The molecule has 0 saturated carbocycles. The van der Waals surface area contributed by atoms with Crippen LogP contribution in [0.15, 0.2) is 0 Å². The van der Waals surface area contributed by atoms with E-state index in [9.17, 15) is 34.2 Å². The molecule has 0 bridgehead atoms. The van der Waals surface area contributed by atoms with Crippen LogP contribution < -0.4 is 11.5 Å². The van der Waals surface area contributed by atoms with Gasteiger partial charge in [0.25, 0.3) is 11.8 Å². The number of hydrogen-bond donors (Lipinski definition) is 4. The Morgan fingerprint density at radius 3 is 1.38 bits per heavy atom. The number of amides is 5. The fourth-order valence-corrected chi connectivity index (χ4v) is 5.38. The number of hydrogen-bond acceptors (Lipinski definition) is 7. The lowest BCUT2D eigenvalue weighted by Crippen LogP contribution is -2.84. The maximum Gasteiger partial charge on any atom is 0.251 e. The molecule has 3 saturated heterocycles. The number of rotatable bonds is 7. The fourth-order valence-electron chi connectivity index (χ4n) is 5.38. The van der Waals surface area contributed by atoms with Crippen molar-refractivity contribution in [3.05, 3.63) is 0 Å². The number of nitrogens with two attached hydrogens (primary N) is 2. The van der Waals surface area contributed by atoms with E-state index in [1.807, 2.05) is 0 Å². The Hall–Kier alpha value is -2.73. The van der Waals surface area contributed by atoms with E-state index in [0.717, 1.165) is 9.80 Å². The van der Waals surface area contributed by atoms with Crippen molar-refractivity contribution in [1.82, 2.24) is 14.7 Å². The fraction of sp³-hybridized carbons (Fsp3) is 0.750. The largest absolute Gasteiger partial charge is 0.391 e. The van der Waals surface area contributed by atoms with Crippen LogP contribution in [0.4, 0.5) is 0 Å². The topological polar surface area (TPSA) is 188 Å². The first-order chi connectivity index (χ1) is 14.7. The van der Waals surface area contributed by atoms with Gasteiger partial charge in [-0.3, -0.25) is 24.0 Å². The highest BCUT2D eigenvalue weighted by Crippen LogP contribution is 2.53. The first-order valence-corrected chi connectivity index (χ1v) is 10.6. The van der Waals surface area contributed by atoms with Crippen molar-refractivity contribution < 1.29 is 34.2 Å². The number of nitrogens with zero attached hydrogens (tertiary/aromatic N) is 3. The molecule has 2 unspecified atom stereocenters. The maximum absolute atomic E-state index is 13.3. The van der Waals surface area contributed by atoms with Crippen LogP contribution in [0.25, 0.3) is 0 Å². The summed E-state index contributed by atoms with van der Waals surface area (Å²) in [5.41, 5.74) is 8.05. The molecule has 2 spiro atoms. The Kier molecular flexibility index (Phi) is 5.75. The van der Waals surface area contributed by atoms with E-state index in [2.05, 4.69) is 0 Å².